The van der Waals surface area contributed by atoms with Gasteiger partial charge in [-0.15, -0.1) is 0 Å². The van der Waals surface area contributed by atoms with Crippen LogP contribution < -0.4 is 11.3 Å². The molecule has 164 valence electrons. The van der Waals surface area contributed by atoms with Gasteiger partial charge in [-0.05, 0) is 86.9 Å². The molecule has 0 amide bonds. The van der Waals surface area contributed by atoms with Crippen LogP contribution in [-0.2, 0) is 4.79 Å². The van der Waals surface area contributed by atoms with E-state index < -0.39 is 5.97 Å². The quantitative estimate of drug-likeness (QED) is 0.540. The molecule has 0 heterocycles. The summed E-state index contributed by atoms with van der Waals surface area (Å²) in [7, 11) is 0. The van der Waals surface area contributed by atoms with Crippen LogP contribution in [0.15, 0.2) is 12.2 Å². The third-order valence-corrected chi connectivity index (χ3v) is 8.01. The Bertz CT molecular complexity index is 549. The highest BCUT2D eigenvalue weighted by atomic mass is 16.4. The standard InChI is InChI=1S/C20H34O3.C2H4O2.H3N/c1-13-4-5-16-18(23)17(7-10-19(13,16)2)20(3)9-6-15(22)12-14(20)8-11-21;1-2(3)4;/h14-18,21-23H,1,4-12H2,2-3H3;1H3,(H,3,4);1H3/t14-,15-,16?,17?,18+,19-,20-;;/m0../s1. The number of carbonyl (C=O) groups is 1. The molecule has 0 aromatic carbocycles. The van der Waals surface area contributed by atoms with Crippen LogP contribution in [-0.4, -0.2) is 40.1 Å². The molecule has 0 bridgehead atoms. The number of aliphatic carboxylic acids is 1. The van der Waals surface area contributed by atoms with Crippen molar-refractivity contribution < 1.29 is 25.2 Å². The van der Waals surface area contributed by atoms with Crippen LogP contribution in [0.2, 0.25) is 0 Å². The van der Waals surface area contributed by atoms with Crippen molar-refractivity contribution in [1.82, 2.24) is 6.15 Å². The van der Waals surface area contributed by atoms with Crippen molar-refractivity contribution in [3.8, 4) is 0 Å². The van der Waals surface area contributed by atoms with Gasteiger partial charge in [0.15, 0.2) is 0 Å². The monoisotopic (exact) mass is 399 g/mol. The van der Waals surface area contributed by atoms with E-state index in [4.69, 9.17) is 9.90 Å². The second kappa shape index (κ2) is 9.70. The highest BCUT2D eigenvalue weighted by Gasteiger charge is 2.56. The molecule has 3 fully saturated rings. The van der Waals surface area contributed by atoms with Gasteiger partial charge in [0.1, 0.15) is 0 Å². The molecule has 3 aliphatic carbocycles. The van der Waals surface area contributed by atoms with Gasteiger partial charge in [-0.25, -0.2) is 0 Å². The molecule has 0 spiro atoms. The molecule has 2 unspecified atom stereocenters. The minimum absolute atomic E-state index is 0. The van der Waals surface area contributed by atoms with Crippen LogP contribution in [0.5, 0.6) is 0 Å². The van der Waals surface area contributed by atoms with E-state index in [0.717, 1.165) is 58.3 Å². The van der Waals surface area contributed by atoms with E-state index in [1.165, 1.54) is 5.57 Å². The van der Waals surface area contributed by atoms with Gasteiger partial charge in [0.2, 0.25) is 0 Å². The van der Waals surface area contributed by atoms with Crippen LogP contribution in [0.25, 0.3) is 0 Å². The van der Waals surface area contributed by atoms with E-state index in [2.05, 4.69) is 20.4 Å². The number of carboxylic acid groups (broad SMARTS) is 1. The van der Waals surface area contributed by atoms with Crippen molar-refractivity contribution in [3.05, 3.63) is 12.2 Å². The summed E-state index contributed by atoms with van der Waals surface area (Å²) in [6, 6.07) is 0. The van der Waals surface area contributed by atoms with Crippen molar-refractivity contribution in [2.24, 2.45) is 28.6 Å². The Balaban J connectivity index is 0.000000717. The molecular weight excluding hydrogens is 358 g/mol. The number of quaternary nitrogens is 1. The minimum atomic E-state index is -1.08. The third-order valence-electron chi connectivity index (χ3n) is 8.01. The SMILES string of the molecule is C=C1CCC2[C@@H](O)C([C@@]3(C)CC[C@H](O)C[C@@H]3CCO)CC[C@@]12C.CC(=O)[O-].[NH4+]. The lowest BCUT2D eigenvalue weighted by Crippen LogP contribution is -2.52. The predicted octanol–water partition coefficient (Wildman–Crippen LogP) is 2.41. The number of hydrogen-bond acceptors (Lipinski definition) is 5. The lowest BCUT2D eigenvalue weighted by atomic mass is 9.51. The summed E-state index contributed by atoms with van der Waals surface area (Å²) in [6.45, 7) is 10.0. The number of carboxylic acids is 1. The number of rotatable bonds is 3. The first kappa shape index (κ1) is 25.1. The molecular formula is C22H41NO5. The Morgan fingerprint density at radius 1 is 1.18 bits per heavy atom. The first-order chi connectivity index (χ1) is 12.6. The maximum Gasteiger partial charge on any atom is 0.0610 e. The van der Waals surface area contributed by atoms with Crippen LogP contribution >= 0.6 is 0 Å². The van der Waals surface area contributed by atoms with E-state index >= 15 is 0 Å². The van der Waals surface area contributed by atoms with E-state index in [0.29, 0.717) is 11.8 Å². The van der Waals surface area contributed by atoms with E-state index in [1.807, 2.05) is 0 Å². The van der Waals surface area contributed by atoms with Gasteiger partial charge in [-0.1, -0.05) is 26.0 Å². The fraction of sp³-hybridized carbons (Fsp3) is 0.864. The zero-order valence-electron chi connectivity index (χ0n) is 18.1. The maximum atomic E-state index is 11.2. The molecule has 0 aromatic heterocycles. The maximum absolute atomic E-state index is 11.2. The predicted molar refractivity (Wildman–Crippen MR) is 109 cm³/mol. The second-order valence-electron chi connectivity index (χ2n) is 9.44. The number of fused-ring (bicyclic) bond motifs is 1. The summed E-state index contributed by atoms with van der Waals surface area (Å²) in [5.74, 6) is -0.146. The Kier molecular flexibility index (Phi) is 8.69. The smallest absolute Gasteiger partial charge is 0.0610 e. The molecule has 6 nitrogen and oxygen atoms in total. The van der Waals surface area contributed by atoms with Crippen LogP contribution in [0.1, 0.15) is 72.1 Å². The molecule has 3 aliphatic rings. The van der Waals surface area contributed by atoms with Gasteiger partial charge >= 0.3 is 0 Å². The Morgan fingerprint density at radius 2 is 1.79 bits per heavy atom. The van der Waals surface area contributed by atoms with E-state index in [9.17, 15) is 15.3 Å². The Hall–Kier alpha value is -0.950. The van der Waals surface area contributed by atoms with Crippen molar-refractivity contribution in [2.75, 3.05) is 6.61 Å². The molecule has 0 radical (unpaired) electrons. The lowest BCUT2D eigenvalue weighted by Gasteiger charge is -2.55. The number of hydrogen-bond donors (Lipinski definition) is 4. The zero-order chi connectivity index (χ0) is 20.4. The Morgan fingerprint density at radius 3 is 2.36 bits per heavy atom. The average Bonchev–Trinajstić information content (AvgIpc) is 2.87. The Labute approximate surface area is 169 Å². The largest absolute Gasteiger partial charge is 0.550 e. The normalized spacial score (nSPS) is 42.6. The van der Waals surface area contributed by atoms with Crippen molar-refractivity contribution >= 4 is 5.97 Å². The van der Waals surface area contributed by atoms with Gasteiger partial charge in [0, 0.05) is 12.6 Å². The zero-order valence-corrected chi connectivity index (χ0v) is 18.1. The average molecular weight is 400 g/mol. The number of allylic oxidation sites excluding steroid dienone is 1. The van der Waals surface area contributed by atoms with Gasteiger partial charge in [0.05, 0.1) is 12.2 Å². The van der Waals surface area contributed by atoms with Gasteiger partial charge < -0.3 is 31.4 Å². The van der Waals surface area contributed by atoms with Crippen molar-refractivity contribution in [1.29, 1.82) is 0 Å². The lowest BCUT2D eigenvalue weighted by molar-refractivity contribution is -0.302. The van der Waals surface area contributed by atoms with Gasteiger partial charge in [0.25, 0.3) is 0 Å². The molecule has 28 heavy (non-hydrogen) atoms. The topological polar surface area (TPSA) is 137 Å². The number of aliphatic hydroxyl groups is 3. The van der Waals surface area contributed by atoms with Crippen LogP contribution in [0, 0.1) is 28.6 Å². The summed E-state index contributed by atoms with van der Waals surface area (Å²) >= 11 is 0. The molecule has 3 rings (SSSR count). The summed E-state index contributed by atoms with van der Waals surface area (Å²) in [5, 5.41) is 39.7. The summed E-state index contributed by atoms with van der Waals surface area (Å²) in [5.41, 5.74) is 1.48. The van der Waals surface area contributed by atoms with Crippen molar-refractivity contribution in [2.45, 2.75) is 84.3 Å². The molecule has 0 aromatic rings. The molecule has 7 atom stereocenters. The van der Waals surface area contributed by atoms with E-state index in [-0.39, 0.29) is 41.7 Å². The third kappa shape index (κ3) is 4.78. The van der Waals surface area contributed by atoms with Crippen molar-refractivity contribution in [3.63, 3.8) is 0 Å². The first-order valence-electron chi connectivity index (χ1n) is 10.4. The fourth-order valence-corrected chi connectivity index (χ4v) is 6.22. The highest BCUT2D eigenvalue weighted by Crippen LogP contribution is 2.61. The molecule has 3 saturated carbocycles. The highest BCUT2D eigenvalue weighted by molar-refractivity contribution is 5.60. The summed E-state index contributed by atoms with van der Waals surface area (Å²) in [6.07, 6.45) is 7.09. The number of carbonyl (C=O) groups excluding carboxylic acids is 1. The van der Waals surface area contributed by atoms with Gasteiger partial charge in [-0.2, -0.15) is 0 Å². The van der Waals surface area contributed by atoms with E-state index in [1.54, 1.807) is 0 Å². The molecule has 7 N–H and O–H groups in total. The first-order valence-corrected chi connectivity index (χ1v) is 10.4. The van der Waals surface area contributed by atoms with Crippen LogP contribution in [0.4, 0.5) is 0 Å². The summed E-state index contributed by atoms with van der Waals surface area (Å²) < 4.78 is 0. The molecule has 0 aliphatic heterocycles. The summed E-state index contributed by atoms with van der Waals surface area (Å²) in [4.78, 5) is 8.89. The second-order valence-corrected chi connectivity index (χ2v) is 9.44. The minimum Gasteiger partial charge on any atom is -0.550 e. The van der Waals surface area contributed by atoms with Crippen LogP contribution in [0.3, 0.4) is 0 Å². The van der Waals surface area contributed by atoms with Gasteiger partial charge in [-0.3, -0.25) is 0 Å². The fourth-order valence-electron chi connectivity index (χ4n) is 6.22. The molecule has 6 heteroatoms. The number of aliphatic hydroxyl groups excluding tert-OH is 3. The molecule has 0 saturated heterocycles.